The maximum absolute atomic E-state index is 5.61. The molecule has 1 N–H and O–H groups in total. The summed E-state index contributed by atoms with van der Waals surface area (Å²) in [6, 6.07) is 0.590. The second-order valence-corrected chi connectivity index (χ2v) is 5.37. The van der Waals surface area contributed by atoms with E-state index in [1.165, 1.54) is 38.5 Å². The van der Waals surface area contributed by atoms with Crippen molar-refractivity contribution in [1.29, 1.82) is 0 Å². The lowest BCUT2D eigenvalue weighted by Crippen LogP contribution is -2.33. The molecule has 0 aliphatic carbocycles. The van der Waals surface area contributed by atoms with Crippen LogP contribution in [0.15, 0.2) is 0 Å². The number of hydrogen-bond donors (Lipinski definition) is 1. The van der Waals surface area contributed by atoms with Gasteiger partial charge >= 0.3 is 0 Å². The molecule has 0 aliphatic heterocycles. The zero-order chi connectivity index (χ0) is 12.9. The van der Waals surface area contributed by atoms with Crippen LogP contribution in [0.3, 0.4) is 0 Å². The molecule has 0 saturated carbocycles. The average molecular weight is 243 g/mol. The van der Waals surface area contributed by atoms with E-state index in [-0.39, 0.29) is 0 Å². The molecule has 0 aliphatic rings. The molecule has 0 aromatic heterocycles. The van der Waals surface area contributed by atoms with Crippen LogP contribution in [0.1, 0.15) is 66.2 Å². The quantitative estimate of drug-likeness (QED) is 0.523. The van der Waals surface area contributed by atoms with Gasteiger partial charge in [-0.25, -0.2) is 0 Å². The summed E-state index contributed by atoms with van der Waals surface area (Å²) in [5, 5.41) is 3.48. The third-order valence-corrected chi connectivity index (χ3v) is 3.35. The minimum absolute atomic E-state index is 0.590. The van der Waals surface area contributed by atoms with Gasteiger partial charge in [-0.1, -0.05) is 52.9 Å². The maximum atomic E-state index is 5.61. The Morgan fingerprint density at radius 3 is 2.18 bits per heavy atom. The third-order valence-electron chi connectivity index (χ3n) is 3.35. The standard InChI is InChI=1S/C15H33NO/c1-5-6-7-8-9-10-12-17-13-11-16-15(4)14(2)3/h14-16H,5-13H2,1-4H3. The second kappa shape index (κ2) is 12.4. The Kier molecular flexibility index (Phi) is 12.3. The van der Waals surface area contributed by atoms with Crippen molar-refractivity contribution in [1.82, 2.24) is 5.32 Å². The van der Waals surface area contributed by atoms with Crippen molar-refractivity contribution < 1.29 is 4.74 Å². The lowest BCUT2D eigenvalue weighted by atomic mass is 10.1. The first-order chi connectivity index (χ1) is 8.18. The zero-order valence-electron chi connectivity index (χ0n) is 12.4. The summed E-state index contributed by atoms with van der Waals surface area (Å²) in [6.45, 7) is 11.8. The number of nitrogens with one attached hydrogen (secondary N) is 1. The van der Waals surface area contributed by atoms with Crippen LogP contribution in [-0.2, 0) is 4.74 Å². The van der Waals surface area contributed by atoms with E-state index < -0.39 is 0 Å². The van der Waals surface area contributed by atoms with Gasteiger partial charge in [0.25, 0.3) is 0 Å². The summed E-state index contributed by atoms with van der Waals surface area (Å²) in [6.07, 6.45) is 8.04. The summed E-state index contributed by atoms with van der Waals surface area (Å²) in [5.41, 5.74) is 0. The zero-order valence-corrected chi connectivity index (χ0v) is 12.4. The highest BCUT2D eigenvalue weighted by molar-refractivity contribution is 4.63. The molecule has 0 spiro atoms. The minimum atomic E-state index is 0.590. The van der Waals surface area contributed by atoms with Crippen LogP contribution in [0.4, 0.5) is 0 Å². The van der Waals surface area contributed by atoms with Crippen LogP contribution in [0, 0.1) is 5.92 Å². The van der Waals surface area contributed by atoms with Crippen LogP contribution in [0.2, 0.25) is 0 Å². The van der Waals surface area contributed by atoms with Gasteiger partial charge in [0.05, 0.1) is 6.61 Å². The molecule has 0 fully saturated rings. The molecule has 17 heavy (non-hydrogen) atoms. The van der Waals surface area contributed by atoms with E-state index >= 15 is 0 Å². The third kappa shape index (κ3) is 12.2. The van der Waals surface area contributed by atoms with Crippen molar-refractivity contribution >= 4 is 0 Å². The molecule has 104 valence electrons. The summed E-state index contributed by atoms with van der Waals surface area (Å²) in [7, 11) is 0. The van der Waals surface area contributed by atoms with Crippen LogP contribution < -0.4 is 5.32 Å². The van der Waals surface area contributed by atoms with Crippen LogP contribution in [-0.4, -0.2) is 25.8 Å². The molecule has 2 nitrogen and oxygen atoms in total. The van der Waals surface area contributed by atoms with Gasteiger partial charge in [0.1, 0.15) is 0 Å². The van der Waals surface area contributed by atoms with Gasteiger partial charge < -0.3 is 10.1 Å². The first-order valence-corrected chi connectivity index (χ1v) is 7.49. The molecule has 1 unspecified atom stereocenters. The smallest absolute Gasteiger partial charge is 0.0590 e. The van der Waals surface area contributed by atoms with E-state index in [0.29, 0.717) is 12.0 Å². The fourth-order valence-corrected chi connectivity index (χ4v) is 1.68. The van der Waals surface area contributed by atoms with Crippen LogP contribution in [0.5, 0.6) is 0 Å². The molecule has 2 heteroatoms. The van der Waals surface area contributed by atoms with E-state index in [4.69, 9.17) is 4.74 Å². The topological polar surface area (TPSA) is 21.3 Å². The Morgan fingerprint density at radius 2 is 1.53 bits per heavy atom. The summed E-state index contributed by atoms with van der Waals surface area (Å²) in [4.78, 5) is 0. The van der Waals surface area contributed by atoms with Gasteiger partial charge in [-0.05, 0) is 19.3 Å². The highest BCUT2D eigenvalue weighted by atomic mass is 16.5. The Bertz CT molecular complexity index is 148. The second-order valence-electron chi connectivity index (χ2n) is 5.37. The SMILES string of the molecule is CCCCCCCCOCCNC(C)C(C)C. The number of unbranched alkanes of at least 4 members (excludes halogenated alkanes) is 5. The first-order valence-electron chi connectivity index (χ1n) is 7.49. The number of ether oxygens (including phenoxy) is 1. The van der Waals surface area contributed by atoms with E-state index in [1.807, 2.05) is 0 Å². The van der Waals surface area contributed by atoms with E-state index in [1.54, 1.807) is 0 Å². The predicted molar refractivity (Wildman–Crippen MR) is 76.5 cm³/mol. The maximum Gasteiger partial charge on any atom is 0.0590 e. The Morgan fingerprint density at radius 1 is 0.882 bits per heavy atom. The molecule has 0 radical (unpaired) electrons. The van der Waals surface area contributed by atoms with Crippen molar-refractivity contribution in [3.8, 4) is 0 Å². The lowest BCUT2D eigenvalue weighted by Gasteiger charge is -2.17. The molecule has 0 amide bonds. The first kappa shape index (κ1) is 16.9. The highest BCUT2D eigenvalue weighted by Gasteiger charge is 2.04. The monoisotopic (exact) mass is 243 g/mol. The van der Waals surface area contributed by atoms with Gasteiger partial charge in [-0.3, -0.25) is 0 Å². The van der Waals surface area contributed by atoms with Crippen molar-refractivity contribution in [2.24, 2.45) is 5.92 Å². The summed E-state index contributed by atoms with van der Waals surface area (Å²) >= 11 is 0. The highest BCUT2D eigenvalue weighted by Crippen LogP contribution is 2.04. The largest absolute Gasteiger partial charge is 0.380 e. The molecule has 0 saturated heterocycles. The van der Waals surface area contributed by atoms with Gasteiger partial charge in [-0.15, -0.1) is 0 Å². The molecular weight excluding hydrogens is 210 g/mol. The van der Waals surface area contributed by atoms with E-state index in [9.17, 15) is 0 Å². The fraction of sp³-hybridized carbons (Fsp3) is 1.00. The summed E-state index contributed by atoms with van der Waals surface area (Å²) < 4.78 is 5.61. The van der Waals surface area contributed by atoms with Crippen LogP contribution >= 0.6 is 0 Å². The van der Waals surface area contributed by atoms with Crippen molar-refractivity contribution in [2.45, 2.75) is 72.3 Å². The molecule has 0 rings (SSSR count). The molecule has 0 aromatic carbocycles. The normalized spacial score (nSPS) is 13.2. The van der Waals surface area contributed by atoms with Gasteiger partial charge in [0.2, 0.25) is 0 Å². The fourth-order valence-electron chi connectivity index (χ4n) is 1.68. The van der Waals surface area contributed by atoms with Crippen molar-refractivity contribution in [2.75, 3.05) is 19.8 Å². The van der Waals surface area contributed by atoms with Crippen molar-refractivity contribution in [3.63, 3.8) is 0 Å². The predicted octanol–water partition coefficient (Wildman–Crippen LogP) is 4.00. The van der Waals surface area contributed by atoms with Gasteiger partial charge in [0, 0.05) is 19.2 Å². The number of hydrogen-bond acceptors (Lipinski definition) is 2. The Labute approximate surface area is 109 Å². The molecular formula is C15H33NO. The van der Waals surface area contributed by atoms with Gasteiger partial charge in [0.15, 0.2) is 0 Å². The van der Waals surface area contributed by atoms with Crippen molar-refractivity contribution in [3.05, 3.63) is 0 Å². The van der Waals surface area contributed by atoms with Crippen LogP contribution in [0.25, 0.3) is 0 Å². The molecule has 0 aromatic rings. The van der Waals surface area contributed by atoms with Gasteiger partial charge in [-0.2, -0.15) is 0 Å². The van der Waals surface area contributed by atoms with E-state index in [0.717, 1.165) is 19.8 Å². The summed E-state index contributed by atoms with van der Waals surface area (Å²) in [5.74, 6) is 0.702. The number of rotatable bonds is 12. The van der Waals surface area contributed by atoms with E-state index in [2.05, 4.69) is 33.0 Å². The molecule has 0 heterocycles. The molecule has 1 atom stereocenters. The Balaban J connectivity index is 3.03. The lowest BCUT2D eigenvalue weighted by molar-refractivity contribution is 0.128. The average Bonchev–Trinajstić information content (AvgIpc) is 2.31. The molecule has 0 bridgehead atoms. The minimum Gasteiger partial charge on any atom is -0.380 e. The Hall–Kier alpha value is -0.0800.